The van der Waals surface area contributed by atoms with Gasteiger partial charge >= 0.3 is 11.9 Å². The van der Waals surface area contributed by atoms with Gasteiger partial charge in [-0.1, -0.05) is 217 Å². The number of ether oxygens (including phenoxy) is 6. The fourth-order valence-corrected chi connectivity index (χ4v) is 16.3. The van der Waals surface area contributed by atoms with E-state index >= 15 is 0 Å². The minimum Gasteiger partial charge on any atom is -0.491 e. The zero-order valence-electron chi connectivity index (χ0n) is 50.8. The van der Waals surface area contributed by atoms with Crippen molar-refractivity contribution in [3.8, 4) is 28.7 Å². The van der Waals surface area contributed by atoms with Gasteiger partial charge in [0.25, 0.3) is 5.24 Å². The third-order valence-corrected chi connectivity index (χ3v) is 22.7. The number of rotatable bonds is 10. The summed E-state index contributed by atoms with van der Waals surface area (Å²) in [5.41, 5.74) is 13.8. The van der Waals surface area contributed by atoms with E-state index in [2.05, 4.69) is 157 Å². The Labute approximate surface area is 622 Å². The van der Waals surface area contributed by atoms with E-state index in [1.807, 2.05) is 18.2 Å². The molecule has 8 aliphatic rings. The number of esters is 1. The van der Waals surface area contributed by atoms with E-state index in [4.69, 9.17) is 98.4 Å². The van der Waals surface area contributed by atoms with Gasteiger partial charge in [0, 0.05) is 93.4 Å². The van der Waals surface area contributed by atoms with Crippen molar-refractivity contribution in [1.29, 1.82) is 0 Å². The van der Waals surface area contributed by atoms with Crippen LogP contribution in [-0.4, -0.2) is 68.2 Å². The first-order valence-corrected chi connectivity index (χ1v) is 36.9. The topological polar surface area (TPSA) is 144 Å². The van der Waals surface area contributed by atoms with Crippen LogP contribution in [0.25, 0.3) is 0 Å². The first-order valence-electron chi connectivity index (χ1n) is 30.7. The molecule has 0 aromatic heterocycles. The third kappa shape index (κ3) is 16.9. The van der Waals surface area contributed by atoms with Gasteiger partial charge in [0.15, 0.2) is 5.78 Å². The average molecular weight is 1720 g/mol. The lowest BCUT2D eigenvalue weighted by atomic mass is 9.99. The molecule has 22 heteroatoms. The molecule has 0 atom stereocenters. The molecule has 3 fully saturated rings. The van der Waals surface area contributed by atoms with Crippen LogP contribution < -0.4 is 23.7 Å². The maximum atomic E-state index is 12.8. The van der Waals surface area contributed by atoms with Gasteiger partial charge in [0.1, 0.15) is 28.7 Å². The Hall–Kier alpha value is -4.82. The van der Waals surface area contributed by atoms with Crippen LogP contribution in [0, 0.1) is 0 Å². The molecule has 3 saturated carbocycles. The molecule has 0 bridgehead atoms. The van der Waals surface area contributed by atoms with Crippen LogP contribution in [0.15, 0.2) is 132 Å². The molecule has 0 radical (unpaired) electrons. The standard InChI is InChI=1S/C18H14BrClO2.C18H16BrClO.C10H8BrClO3.C9H5BrCl2O2.C9H6BrClO3.C9H10/c19-15-9-14(16(20)18-13(15)7-8-22-18)17(21)12-5-3-11(4-6-12)10-1-2-10;19-16-10-14(17(20)18-15(16)7-8-21-18)9-11-1-3-12(4-2-11)13-5-6-13;1-14-10(13)6-4-7(11)5-2-3-15-9(5)8(6)12;2*10-6-3-5(9(12)13)7(11)8-4(6)1-2-14-8;1-2-4-8(5-3-1)9-6-7-9/h3-6,9-10H,1-2,7-8H2;1-4,10,13H,5-9H2;4H,2-3H2,1H3;3H,1-2H2;3H,1-2H2,(H,12,13);1-5,9H,6-7H2. The summed E-state index contributed by atoms with van der Waals surface area (Å²) in [6, 6.07) is 36.4. The number of ketones is 1. The SMILES string of the molecule is COC(=O)c1cc(Br)c2c(c1Cl)OCC2.Clc1c(Cc2ccc(C3CC3)cc2)cc(Br)c2c1OCC2.O=C(Cl)c1cc(Br)c2c(c1Cl)OCC2.O=C(O)c1cc(Br)c2c(c1Cl)OCC2.O=C(c1ccc(C2CC2)cc1)c1cc(Br)c2c(c1Cl)OCC2.c1ccc(C2CC2)cc1. The van der Waals surface area contributed by atoms with Gasteiger partial charge in [-0.3, -0.25) is 9.59 Å². The molecular formula is C73H59Br5Cl6O11. The third-order valence-electron chi connectivity index (χ3n) is 17.0. The van der Waals surface area contributed by atoms with Crippen LogP contribution in [0.3, 0.4) is 0 Å². The second-order valence-electron chi connectivity index (χ2n) is 23.4. The van der Waals surface area contributed by atoms with Crippen LogP contribution in [0.4, 0.5) is 0 Å². The zero-order chi connectivity index (χ0) is 67.4. The van der Waals surface area contributed by atoms with Crippen molar-refractivity contribution < 1.29 is 52.7 Å². The first-order chi connectivity index (χ1) is 45.7. The normalized spacial score (nSPS) is 15.2. The summed E-state index contributed by atoms with van der Waals surface area (Å²) in [6.07, 6.45) is 13.0. The number of carboxylic acid groups (broad SMARTS) is 1. The molecule has 8 aromatic rings. The minimum absolute atomic E-state index is 0.0636. The molecule has 0 saturated heterocycles. The Morgan fingerprint density at radius 3 is 1.18 bits per heavy atom. The second kappa shape index (κ2) is 32.0. The van der Waals surface area contributed by atoms with Crippen molar-refractivity contribution in [1.82, 2.24) is 0 Å². The molecule has 16 rings (SSSR count). The van der Waals surface area contributed by atoms with E-state index in [9.17, 15) is 19.2 Å². The molecular weight excluding hydrogens is 1670 g/mol. The maximum absolute atomic E-state index is 12.8. The molecule has 0 unspecified atom stereocenters. The summed E-state index contributed by atoms with van der Waals surface area (Å²) in [6.45, 7) is 3.08. The molecule has 3 aliphatic carbocycles. The number of carbonyl (C=O) groups is 4. The molecule has 5 aliphatic heterocycles. The predicted octanol–water partition coefficient (Wildman–Crippen LogP) is 22.2. The average Bonchev–Trinajstić information content (AvgIpc) is 1.78. The Morgan fingerprint density at radius 2 is 0.779 bits per heavy atom. The van der Waals surface area contributed by atoms with E-state index < -0.39 is 17.2 Å². The summed E-state index contributed by atoms with van der Waals surface area (Å²) < 4.78 is 36.3. The summed E-state index contributed by atoms with van der Waals surface area (Å²) in [7, 11) is 1.32. The van der Waals surface area contributed by atoms with Crippen LogP contribution in [0.1, 0.15) is 159 Å². The van der Waals surface area contributed by atoms with E-state index in [1.165, 1.54) is 79.5 Å². The monoisotopic (exact) mass is 1720 g/mol. The highest BCUT2D eigenvalue weighted by Gasteiger charge is 2.31. The highest BCUT2D eigenvalue weighted by molar-refractivity contribution is 9.11. The highest BCUT2D eigenvalue weighted by atomic mass is 79.9. The van der Waals surface area contributed by atoms with E-state index in [0.29, 0.717) is 87.1 Å². The molecule has 1 N–H and O–H groups in total. The Kier molecular flexibility index (Phi) is 24.1. The fraction of sp³-hybridized carbons (Fsp3) is 0.288. The van der Waals surface area contributed by atoms with Gasteiger partial charge in [-0.25, -0.2) is 9.59 Å². The van der Waals surface area contributed by atoms with E-state index in [1.54, 1.807) is 12.1 Å². The summed E-state index contributed by atoms with van der Waals surface area (Å²) in [5, 5.41) is 10.3. The van der Waals surface area contributed by atoms with Gasteiger partial charge in [0.2, 0.25) is 0 Å². The number of aromatic carboxylic acids is 1. The van der Waals surface area contributed by atoms with Crippen molar-refractivity contribution >= 4 is 172 Å². The van der Waals surface area contributed by atoms with Crippen LogP contribution in [0.5, 0.6) is 28.7 Å². The minimum atomic E-state index is -1.05. The van der Waals surface area contributed by atoms with Crippen molar-refractivity contribution in [3.05, 3.63) is 240 Å². The number of halogens is 11. The quantitative estimate of drug-likeness (QED) is 0.0794. The van der Waals surface area contributed by atoms with Crippen molar-refractivity contribution in [3.63, 3.8) is 0 Å². The van der Waals surface area contributed by atoms with Gasteiger partial charge in [-0.2, -0.15) is 0 Å². The van der Waals surface area contributed by atoms with E-state index in [-0.39, 0.29) is 21.9 Å². The van der Waals surface area contributed by atoms with Gasteiger partial charge < -0.3 is 33.5 Å². The number of hydrogen-bond donors (Lipinski definition) is 1. The molecule has 8 aromatic carbocycles. The number of hydrogen-bond acceptors (Lipinski definition) is 10. The van der Waals surface area contributed by atoms with Crippen LogP contribution in [0.2, 0.25) is 25.1 Å². The second-order valence-corrected chi connectivity index (χ2v) is 29.9. The van der Waals surface area contributed by atoms with Crippen LogP contribution in [-0.2, 0) is 43.3 Å². The summed E-state index contributed by atoms with van der Waals surface area (Å²) in [4.78, 5) is 46.0. The maximum Gasteiger partial charge on any atom is 0.339 e. The Morgan fingerprint density at radius 1 is 0.442 bits per heavy atom. The molecule has 5 heterocycles. The Bertz CT molecular complexity index is 4200. The lowest BCUT2D eigenvalue weighted by Crippen LogP contribution is -2.04. The lowest BCUT2D eigenvalue weighted by Gasteiger charge is -2.11. The largest absolute Gasteiger partial charge is 0.491 e. The van der Waals surface area contributed by atoms with Gasteiger partial charge in [-0.15, -0.1) is 0 Å². The number of methoxy groups -OCH3 is 1. The predicted molar refractivity (Wildman–Crippen MR) is 392 cm³/mol. The molecule has 11 nitrogen and oxygen atoms in total. The molecule has 494 valence electrons. The van der Waals surface area contributed by atoms with Crippen molar-refractivity contribution in [2.75, 3.05) is 40.1 Å². The zero-order valence-corrected chi connectivity index (χ0v) is 63.3. The summed E-state index contributed by atoms with van der Waals surface area (Å²) in [5.74, 6) is 4.02. The molecule has 0 amide bonds. The van der Waals surface area contributed by atoms with Crippen LogP contribution >= 0.6 is 149 Å². The van der Waals surface area contributed by atoms with Crippen molar-refractivity contribution in [2.24, 2.45) is 0 Å². The first kappa shape index (κ1) is 71.5. The smallest absolute Gasteiger partial charge is 0.339 e. The number of carbonyl (C=O) groups excluding carboxylic acids is 3. The number of carboxylic acids is 1. The fourth-order valence-electron chi connectivity index (χ4n) is 11.5. The number of benzene rings is 8. The van der Waals surface area contributed by atoms with E-state index in [0.717, 1.165) is 118 Å². The lowest BCUT2D eigenvalue weighted by molar-refractivity contribution is 0.0599. The highest BCUT2D eigenvalue weighted by Crippen LogP contribution is 2.48. The molecule has 0 spiro atoms. The van der Waals surface area contributed by atoms with Gasteiger partial charge in [-0.05, 0) is 132 Å². The number of fused-ring (bicyclic) bond motifs is 5. The Balaban J connectivity index is 0.000000118. The summed E-state index contributed by atoms with van der Waals surface area (Å²) >= 11 is 53.4. The molecule has 95 heavy (non-hydrogen) atoms. The van der Waals surface area contributed by atoms with Gasteiger partial charge in [0.05, 0.1) is 81.9 Å². The van der Waals surface area contributed by atoms with Crippen molar-refractivity contribution in [2.45, 2.75) is 94.8 Å².